The summed E-state index contributed by atoms with van der Waals surface area (Å²) in [6.07, 6.45) is 4.86. The summed E-state index contributed by atoms with van der Waals surface area (Å²) < 4.78 is 24.8. The Labute approximate surface area is 165 Å². The number of esters is 1. The fraction of sp³-hybridized carbons (Fsp3) is 0.619. The molecule has 2 N–H and O–H groups in total. The van der Waals surface area contributed by atoms with Crippen molar-refractivity contribution in [1.82, 2.24) is 10.6 Å². The normalized spacial score (nSPS) is 23.1. The number of halogens is 1. The van der Waals surface area contributed by atoms with Gasteiger partial charge in [0.25, 0.3) is 5.91 Å². The average molecular weight is 392 g/mol. The van der Waals surface area contributed by atoms with Crippen LogP contribution in [0.4, 0.5) is 4.39 Å². The SMILES string of the molecule is COC(=O)C1CCC(NC(=O)c2ccc(OCC3CCNCC3)c(F)c2)CC1. The Balaban J connectivity index is 1.49. The Morgan fingerprint density at radius 2 is 1.86 bits per heavy atom. The number of ether oxygens (including phenoxy) is 2. The molecule has 7 heteroatoms. The van der Waals surface area contributed by atoms with Crippen molar-refractivity contribution >= 4 is 11.9 Å². The van der Waals surface area contributed by atoms with Gasteiger partial charge in [-0.25, -0.2) is 4.39 Å². The number of rotatable bonds is 6. The summed E-state index contributed by atoms with van der Waals surface area (Å²) in [4.78, 5) is 24.0. The van der Waals surface area contributed by atoms with Gasteiger partial charge in [-0.15, -0.1) is 0 Å². The molecule has 1 aliphatic heterocycles. The lowest BCUT2D eigenvalue weighted by molar-refractivity contribution is -0.146. The lowest BCUT2D eigenvalue weighted by Crippen LogP contribution is -2.38. The van der Waals surface area contributed by atoms with Gasteiger partial charge in [-0.1, -0.05) is 0 Å². The van der Waals surface area contributed by atoms with Crippen molar-refractivity contribution in [2.75, 3.05) is 26.8 Å². The fourth-order valence-electron chi connectivity index (χ4n) is 3.92. The third kappa shape index (κ3) is 5.44. The highest BCUT2D eigenvalue weighted by Gasteiger charge is 2.28. The van der Waals surface area contributed by atoms with Crippen molar-refractivity contribution in [1.29, 1.82) is 0 Å². The van der Waals surface area contributed by atoms with Crippen molar-refractivity contribution in [3.05, 3.63) is 29.6 Å². The molecule has 2 fully saturated rings. The first-order valence-electron chi connectivity index (χ1n) is 10.1. The molecule has 0 aromatic heterocycles. The third-order valence-corrected chi connectivity index (χ3v) is 5.72. The van der Waals surface area contributed by atoms with E-state index in [-0.39, 0.29) is 35.1 Å². The summed E-state index contributed by atoms with van der Waals surface area (Å²) in [6, 6.07) is 4.34. The molecule has 1 aliphatic carbocycles. The van der Waals surface area contributed by atoms with Crippen LogP contribution < -0.4 is 15.4 Å². The molecule has 1 aromatic carbocycles. The minimum Gasteiger partial charge on any atom is -0.490 e. The van der Waals surface area contributed by atoms with Crippen LogP contribution in [0, 0.1) is 17.7 Å². The first kappa shape index (κ1) is 20.6. The van der Waals surface area contributed by atoms with Gasteiger partial charge in [0.05, 0.1) is 19.6 Å². The van der Waals surface area contributed by atoms with Crippen molar-refractivity contribution in [3.8, 4) is 5.75 Å². The smallest absolute Gasteiger partial charge is 0.308 e. The Kier molecular flexibility index (Phi) is 7.25. The van der Waals surface area contributed by atoms with Gasteiger partial charge < -0.3 is 20.1 Å². The predicted molar refractivity (Wildman–Crippen MR) is 103 cm³/mol. The van der Waals surface area contributed by atoms with Crippen LogP contribution in [0.3, 0.4) is 0 Å². The van der Waals surface area contributed by atoms with E-state index < -0.39 is 5.82 Å². The molecule has 1 aromatic rings. The number of hydrogen-bond donors (Lipinski definition) is 2. The third-order valence-electron chi connectivity index (χ3n) is 5.72. The maximum atomic E-state index is 14.4. The Morgan fingerprint density at radius 1 is 1.14 bits per heavy atom. The van der Waals surface area contributed by atoms with Gasteiger partial charge in [-0.3, -0.25) is 9.59 Å². The van der Waals surface area contributed by atoms with E-state index in [9.17, 15) is 14.0 Å². The molecule has 1 heterocycles. The Morgan fingerprint density at radius 3 is 2.50 bits per heavy atom. The van der Waals surface area contributed by atoms with Crippen LogP contribution in [-0.4, -0.2) is 44.7 Å². The fourth-order valence-corrected chi connectivity index (χ4v) is 3.92. The summed E-state index contributed by atoms with van der Waals surface area (Å²) in [7, 11) is 1.39. The second-order valence-corrected chi connectivity index (χ2v) is 7.69. The van der Waals surface area contributed by atoms with E-state index in [0.717, 1.165) is 25.9 Å². The number of methoxy groups -OCH3 is 1. The zero-order chi connectivity index (χ0) is 19.9. The predicted octanol–water partition coefficient (Wildman–Crippen LogP) is 2.67. The highest BCUT2D eigenvalue weighted by Crippen LogP contribution is 2.26. The quantitative estimate of drug-likeness (QED) is 0.728. The molecular weight excluding hydrogens is 363 g/mol. The monoisotopic (exact) mass is 392 g/mol. The molecule has 0 atom stereocenters. The van der Waals surface area contributed by atoms with Crippen molar-refractivity contribution in [3.63, 3.8) is 0 Å². The van der Waals surface area contributed by atoms with Crippen molar-refractivity contribution in [2.45, 2.75) is 44.6 Å². The van der Waals surface area contributed by atoms with E-state index in [0.29, 0.717) is 38.2 Å². The number of benzene rings is 1. The maximum Gasteiger partial charge on any atom is 0.308 e. The summed E-state index contributed by atoms with van der Waals surface area (Å²) in [6.45, 7) is 2.43. The van der Waals surface area contributed by atoms with E-state index in [1.165, 1.54) is 19.2 Å². The van der Waals surface area contributed by atoms with Crippen molar-refractivity contribution < 1.29 is 23.5 Å². The lowest BCUT2D eigenvalue weighted by Gasteiger charge is -2.27. The van der Waals surface area contributed by atoms with Crippen LogP contribution in [0.25, 0.3) is 0 Å². The molecule has 0 unspecified atom stereocenters. The van der Waals surface area contributed by atoms with Crippen LogP contribution >= 0.6 is 0 Å². The number of hydrogen-bond acceptors (Lipinski definition) is 5. The maximum absolute atomic E-state index is 14.4. The summed E-state index contributed by atoms with van der Waals surface area (Å²) >= 11 is 0. The number of nitrogens with one attached hydrogen (secondary N) is 2. The van der Waals surface area contributed by atoms with Gasteiger partial charge in [-0.05, 0) is 75.7 Å². The van der Waals surface area contributed by atoms with Crippen LogP contribution in [-0.2, 0) is 9.53 Å². The lowest BCUT2D eigenvalue weighted by atomic mass is 9.86. The molecule has 28 heavy (non-hydrogen) atoms. The molecule has 0 bridgehead atoms. The van der Waals surface area contributed by atoms with E-state index in [4.69, 9.17) is 9.47 Å². The summed E-state index contributed by atoms with van der Waals surface area (Å²) in [5, 5.41) is 6.23. The topological polar surface area (TPSA) is 76.7 Å². The first-order chi connectivity index (χ1) is 13.6. The van der Waals surface area contributed by atoms with E-state index >= 15 is 0 Å². The second-order valence-electron chi connectivity index (χ2n) is 7.69. The molecule has 0 radical (unpaired) electrons. The minimum atomic E-state index is -0.518. The molecular formula is C21H29FN2O4. The van der Waals surface area contributed by atoms with Gasteiger partial charge in [0.15, 0.2) is 11.6 Å². The molecule has 1 saturated heterocycles. The van der Waals surface area contributed by atoms with Crippen LogP contribution in [0.2, 0.25) is 0 Å². The zero-order valence-corrected chi connectivity index (χ0v) is 16.3. The summed E-state index contributed by atoms with van der Waals surface area (Å²) in [5.74, 6) is -0.474. The van der Waals surface area contributed by atoms with Crippen molar-refractivity contribution in [2.24, 2.45) is 11.8 Å². The molecule has 6 nitrogen and oxygen atoms in total. The number of carbonyl (C=O) groups excluding carboxylic acids is 2. The average Bonchev–Trinajstić information content (AvgIpc) is 2.73. The van der Waals surface area contributed by atoms with Crippen LogP contribution in [0.15, 0.2) is 18.2 Å². The second kappa shape index (κ2) is 9.87. The standard InChI is InChI=1S/C21H29FN2O4/c1-27-21(26)15-2-5-17(6-3-15)24-20(25)16-4-7-19(18(22)12-16)28-13-14-8-10-23-11-9-14/h4,7,12,14-15,17,23H,2-3,5-6,8-11,13H2,1H3,(H,24,25). The number of piperidine rings is 1. The van der Waals surface area contributed by atoms with E-state index in [1.807, 2.05) is 0 Å². The largest absolute Gasteiger partial charge is 0.490 e. The zero-order valence-electron chi connectivity index (χ0n) is 16.3. The minimum absolute atomic E-state index is 0.00713. The molecule has 0 spiro atoms. The molecule has 154 valence electrons. The van der Waals surface area contributed by atoms with Crippen LogP contribution in [0.1, 0.15) is 48.9 Å². The highest BCUT2D eigenvalue weighted by molar-refractivity contribution is 5.94. The van der Waals surface area contributed by atoms with Gasteiger partial charge in [-0.2, -0.15) is 0 Å². The molecule has 1 amide bonds. The Hall–Kier alpha value is -2.15. The first-order valence-corrected chi connectivity index (χ1v) is 10.1. The van der Waals surface area contributed by atoms with Gasteiger partial charge in [0.1, 0.15) is 0 Å². The molecule has 3 rings (SSSR count). The Bertz CT molecular complexity index is 683. The number of carbonyl (C=O) groups is 2. The molecule has 2 aliphatic rings. The number of amides is 1. The molecule has 1 saturated carbocycles. The van der Waals surface area contributed by atoms with Gasteiger partial charge in [0.2, 0.25) is 0 Å². The van der Waals surface area contributed by atoms with Gasteiger partial charge in [0, 0.05) is 11.6 Å². The highest BCUT2D eigenvalue weighted by atomic mass is 19.1. The van der Waals surface area contributed by atoms with Crippen LogP contribution in [0.5, 0.6) is 5.75 Å². The summed E-state index contributed by atoms with van der Waals surface area (Å²) in [5.41, 5.74) is 0.279. The van der Waals surface area contributed by atoms with E-state index in [1.54, 1.807) is 6.07 Å². The van der Waals surface area contributed by atoms with Gasteiger partial charge >= 0.3 is 5.97 Å². The van der Waals surface area contributed by atoms with E-state index in [2.05, 4.69) is 10.6 Å².